The molecule has 1 aromatic rings. The van der Waals surface area contributed by atoms with Gasteiger partial charge in [-0.25, -0.2) is 4.79 Å². The molecule has 1 aliphatic rings. The Morgan fingerprint density at radius 2 is 2.05 bits per heavy atom. The van der Waals surface area contributed by atoms with Gasteiger partial charge in [-0.1, -0.05) is 13.3 Å². The average Bonchev–Trinajstić information content (AvgIpc) is 2.38. The van der Waals surface area contributed by atoms with Crippen molar-refractivity contribution in [2.24, 2.45) is 0 Å². The average molecular weight is 299 g/mol. The molecule has 0 radical (unpaired) electrons. The van der Waals surface area contributed by atoms with Crippen molar-refractivity contribution in [1.29, 1.82) is 0 Å². The predicted molar refractivity (Wildman–Crippen MR) is 81.7 cm³/mol. The van der Waals surface area contributed by atoms with Gasteiger partial charge in [0.25, 0.3) is 0 Å². The molecule has 112 valence electrons. The lowest BCUT2D eigenvalue weighted by Crippen LogP contribution is -2.34. The van der Waals surface area contributed by atoms with Crippen LogP contribution in [0, 0.1) is 0 Å². The molecule has 1 saturated heterocycles. The summed E-state index contributed by atoms with van der Waals surface area (Å²) in [5, 5.41) is 9.19. The van der Waals surface area contributed by atoms with Crippen molar-refractivity contribution >= 4 is 22.4 Å². The minimum atomic E-state index is -2.81. The van der Waals surface area contributed by atoms with E-state index in [2.05, 4.69) is 0 Å². The van der Waals surface area contributed by atoms with Gasteiger partial charge in [0.05, 0.1) is 17.0 Å². The van der Waals surface area contributed by atoms with Gasteiger partial charge < -0.3 is 5.11 Å². The number of aromatic carboxylic acids is 1. The number of nitrogens with zero attached hydrogens (tertiary/aromatic N) is 1. The van der Waals surface area contributed by atoms with Crippen molar-refractivity contribution in [1.82, 2.24) is 0 Å². The van der Waals surface area contributed by atoms with Gasteiger partial charge in [-0.3, -0.25) is 13.4 Å². The fourth-order valence-corrected chi connectivity index (χ4v) is 4.16. The molecule has 6 heteroatoms. The van der Waals surface area contributed by atoms with Gasteiger partial charge in [0.2, 0.25) is 0 Å². The summed E-state index contributed by atoms with van der Waals surface area (Å²) in [4.78, 5) is 11.2. The normalized spacial score (nSPS) is 19.6. The van der Waals surface area contributed by atoms with Gasteiger partial charge in [-0.05, 0) is 43.0 Å². The van der Waals surface area contributed by atoms with E-state index in [1.165, 1.54) is 6.07 Å². The Morgan fingerprint density at radius 1 is 1.30 bits per heavy atom. The largest absolute Gasteiger partial charge is 0.478 e. The quantitative estimate of drug-likeness (QED) is 0.791. The van der Waals surface area contributed by atoms with Crippen LogP contribution in [0.25, 0.3) is 0 Å². The molecular formula is C14H21NO4S. The Hall–Kier alpha value is -1.24. The van der Waals surface area contributed by atoms with E-state index in [9.17, 15) is 19.0 Å². The van der Waals surface area contributed by atoms with Crippen LogP contribution in [0.3, 0.4) is 0 Å². The zero-order chi connectivity index (χ0) is 14.8. The molecule has 1 heterocycles. The van der Waals surface area contributed by atoms with Crippen molar-refractivity contribution in [3.63, 3.8) is 0 Å². The molecule has 2 rings (SSSR count). The second kappa shape index (κ2) is 6.03. The molecule has 20 heavy (non-hydrogen) atoms. The maximum absolute atomic E-state index is 11.2. The number of benzene rings is 1. The third-order valence-electron chi connectivity index (χ3n) is 3.43. The topological polar surface area (TPSA) is 81.0 Å². The zero-order valence-electron chi connectivity index (χ0n) is 11.6. The minimum Gasteiger partial charge on any atom is -0.478 e. The van der Waals surface area contributed by atoms with Crippen molar-refractivity contribution in [2.45, 2.75) is 32.6 Å². The van der Waals surface area contributed by atoms with E-state index < -0.39 is 16.7 Å². The third-order valence-corrected chi connectivity index (χ3v) is 5.37. The lowest BCUT2D eigenvalue weighted by molar-refractivity contribution is 0.0696. The molecule has 0 atom stereocenters. The number of rotatable bonds is 4. The van der Waals surface area contributed by atoms with Gasteiger partial charge in [-0.2, -0.15) is 0 Å². The van der Waals surface area contributed by atoms with Gasteiger partial charge in [-0.15, -0.1) is 10.8 Å². The second-order valence-corrected chi connectivity index (χ2v) is 7.20. The number of carboxylic acid groups (broad SMARTS) is 1. The molecular weight excluding hydrogens is 278 g/mol. The van der Waals surface area contributed by atoms with Gasteiger partial charge in [0.1, 0.15) is 0 Å². The fourth-order valence-electron chi connectivity index (χ4n) is 2.48. The molecule has 0 saturated carbocycles. The second-order valence-electron chi connectivity index (χ2n) is 5.09. The lowest BCUT2D eigenvalue weighted by atomic mass is 10.1. The number of hydrogen-bond donors (Lipinski definition) is 3. The molecule has 1 fully saturated rings. The van der Waals surface area contributed by atoms with Crippen molar-refractivity contribution in [3.05, 3.63) is 29.3 Å². The maximum Gasteiger partial charge on any atom is 0.335 e. The van der Waals surface area contributed by atoms with Crippen LogP contribution in [0.4, 0.5) is 5.69 Å². The molecule has 0 spiro atoms. The number of hydrogen-bond acceptors (Lipinski definition) is 4. The number of carboxylic acids is 1. The van der Waals surface area contributed by atoms with E-state index in [0.29, 0.717) is 18.0 Å². The predicted octanol–water partition coefficient (Wildman–Crippen LogP) is 3.60. The highest BCUT2D eigenvalue weighted by molar-refractivity contribution is 8.25. The van der Waals surface area contributed by atoms with E-state index in [0.717, 1.165) is 31.2 Å². The Kier molecular flexibility index (Phi) is 4.57. The van der Waals surface area contributed by atoms with E-state index in [1.807, 2.05) is 13.0 Å². The summed E-state index contributed by atoms with van der Waals surface area (Å²) in [6, 6.07) is 5.06. The molecule has 5 nitrogen and oxygen atoms in total. The number of anilines is 1. The van der Waals surface area contributed by atoms with Crippen molar-refractivity contribution in [2.75, 3.05) is 16.6 Å². The highest BCUT2D eigenvalue weighted by Crippen LogP contribution is 2.49. The van der Waals surface area contributed by atoms with Crippen LogP contribution >= 0.6 is 10.8 Å². The third kappa shape index (κ3) is 3.26. The van der Waals surface area contributed by atoms with Crippen molar-refractivity contribution < 1.29 is 19.0 Å². The summed E-state index contributed by atoms with van der Waals surface area (Å²) in [5.41, 5.74) is 1.72. The lowest BCUT2D eigenvalue weighted by Gasteiger charge is -2.47. The summed E-state index contributed by atoms with van der Waals surface area (Å²) in [6.07, 6.45) is 3.37. The fraction of sp³-hybridized carbons (Fsp3) is 0.500. The van der Waals surface area contributed by atoms with E-state index in [1.54, 1.807) is 10.4 Å². The molecule has 0 amide bonds. The minimum absolute atomic E-state index is 0.201. The van der Waals surface area contributed by atoms with Crippen molar-refractivity contribution in [3.8, 4) is 0 Å². The van der Waals surface area contributed by atoms with Crippen LogP contribution in [-0.4, -0.2) is 32.5 Å². The maximum atomic E-state index is 11.2. The van der Waals surface area contributed by atoms with Crippen LogP contribution in [0.2, 0.25) is 0 Å². The highest BCUT2D eigenvalue weighted by Gasteiger charge is 2.27. The first-order chi connectivity index (χ1) is 9.44. The first-order valence-corrected chi connectivity index (χ1v) is 8.52. The summed E-state index contributed by atoms with van der Waals surface area (Å²) in [5.74, 6) is -0.634. The summed E-state index contributed by atoms with van der Waals surface area (Å²) in [7, 11) is -2.81. The molecule has 0 bridgehead atoms. The Bertz CT molecular complexity index is 504. The van der Waals surface area contributed by atoms with Gasteiger partial charge >= 0.3 is 5.97 Å². The molecule has 3 N–H and O–H groups in total. The summed E-state index contributed by atoms with van der Waals surface area (Å²) < 4.78 is 21.9. The first-order valence-electron chi connectivity index (χ1n) is 6.85. The molecule has 0 unspecified atom stereocenters. The number of aryl methyl sites for hydroxylation is 1. The smallest absolute Gasteiger partial charge is 0.335 e. The Labute approximate surface area is 120 Å². The first kappa shape index (κ1) is 15.2. The van der Waals surface area contributed by atoms with Gasteiger partial charge in [0, 0.05) is 6.54 Å². The van der Waals surface area contributed by atoms with E-state index in [4.69, 9.17) is 0 Å². The molecule has 1 aliphatic heterocycles. The van der Waals surface area contributed by atoms with Crippen LogP contribution in [0.15, 0.2) is 18.2 Å². The van der Waals surface area contributed by atoms with E-state index in [-0.39, 0.29) is 5.56 Å². The monoisotopic (exact) mass is 299 g/mol. The number of carbonyl (C=O) groups is 1. The highest BCUT2D eigenvalue weighted by atomic mass is 32.3. The summed E-state index contributed by atoms with van der Waals surface area (Å²) >= 11 is 0. The molecule has 1 aromatic carbocycles. The zero-order valence-corrected chi connectivity index (χ0v) is 12.4. The van der Waals surface area contributed by atoms with Crippen LogP contribution in [0.1, 0.15) is 42.1 Å². The Balaban J connectivity index is 2.41. The van der Waals surface area contributed by atoms with Crippen LogP contribution < -0.4 is 4.31 Å². The SMILES string of the molecule is CCCc1cc(C(=O)O)cc(N2CCCCS2(O)O)c1. The summed E-state index contributed by atoms with van der Waals surface area (Å²) in [6.45, 7) is 2.58. The van der Waals surface area contributed by atoms with E-state index >= 15 is 0 Å². The molecule has 0 aromatic heterocycles. The van der Waals surface area contributed by atoms with Gasteiger partial charge in [0.15, 0.2) is 0 Å². The van der Waals surface area contributed by atoms with Crippen LogP contribution in [0.5, 0.6) is 0 Å². The standard InChI is InChI=1S/C14H21NO4S/c1-2-5-11-8-12(14(16)17)10-13(9-11)15-6-3-4-7-20(15,18)19/h8-10,18-19H,2-7H2,1H3,(H,16,17). The van der Waals surface area contributed by atoms with Crippen LogP contribution in [-0.2, 0) is 6.42 Å². The molecule has 0 aliphatic carbocycles. The Morgan fingerprint density at radius 3 is 2.65 bits per heavy atom.